The summed E-state index contributed by atoms with van der Waals surface area (Å²) in [4.78, 5) is 28.7. The summed E-state index contributed by atoms with van der Waals surface area (Å²) in [7, 11) is 0. The van der Waals surface area contributed by atoms with Crippen molar-refractivity contribution in [3.05, 3.63) is 29.3 Å². The maximum atomic E-state index is 12.3. The van der Waals surface area contributed by atoms with Crippen molar-refractivity contribution in [3.63, 3.8) is 0 Å². The van der Waals surface area contributed by atoms with Crippen LogP contribution in [0.25, 0.3) is 0 Å². The van der Waals surface area contributed by atoms with E-state index >= 15 is 0 Å². The summed E-state index contributed by atoms with van der Waals surface area (Å²) in [6.07, 6.45) is 0.132. The third kappa shape index (κ3) is 4.82. The quantitative estimate of drug-likeness (QED) is 0.893. The Labute approximate surface area is 141 Å². The number of nitrogens with zero attached hydrogens (tertiary/aromatic N) is 1. The van der Waals surface area contributed by atoms with Crippen molar-refractivity contribution in [2.45, 2.75) is 51.8 Å². The average Bonchev–Trinajstić information content (AvgIpc) is 2.72. The molecule has 0 saturated carbocycles. The number of aryl methyl sites for hydroxylation is 2. The number of nitrogens with one attached hydrogen (secondary N) is 2. The van der Waals surface area contributed by atoms with Crippen LogP contribution in [-0.2, 0) is 9.59 Å². The Morgan fingerprint density at radius 3 is 2.48 bits per heavy atom. The van der Waals surface area contributed by atoms with Crippen LogP contribution >= 0.6 is 11.8 Å². The Balaban J connectivity index is 2.01. The Kier molecular flexibility index (Phi) is 5.14. The molecule has 1 aromatic rings. The zero-order valence-corrected chi connectivity index (χ0v) is 15.0. The van der Waals surface area contributed by atoms with E-state index in [1.165, 1.54) is 11.8 Å². The number of amides is 2. The van der Waals surface area contributed by atoms with Crippen LogP contribution in [0, 0.1) is 13.8 Å². The first-order valence-electron chi connectivity index (χ1n) is 7.59. The second kappa shape index (κ2) is 6.74. The molecule has 1 atom stereocenters. The molecule has 1 heterocycles. The van der Waals surface area contributed by atoms with Gasteiger partial charge < -0.3 is 10.6 Å². The maximum absolute atomic E-state index is 12.3. The van der Waals surface area contributed by atoms with Crippen molar-refractivity contribution in [1.82, 2.24) is 5.32 Å². The summed E-state index contributed by atoms with van der Waals surface area (Å²) >= 11 is 1.32. The molecule has 2 rings (SSSR count). The number of hydrogen-bond donors (Lipinski definition) is 2. The molecule has 0 unspecified atom stereocenters. The molecule has 5 nitrogen and oxygen atoms in total. The predicted molar refractivity (Wildman–Crippen MR) is 95.9 cm³/mol. The normalized spacial score (nSPS) is 19.8. The first-order chi connectivity index (χ1) is 10.7. The SMILES string of the molecule is Cc1cccc(C)c1NC(=O)C[C@@H]1SC(=NC(C)(C)C)NC1=O. The number of anilines is 1. The van der Waals surface area contributed by atoms with Gasteiger partial charge in [0, 0.05) is 12.1 Å². The lowest BCUT2D eigenvalue weighted by molar-refractivity contribution is -0.122. The fourth-order valence-corrected chi connectivity index (χ4v) is 3.42. The lowest BCUT2D eigenvalue weighted by atomic mass is 10.1. The Bertz CT molecular complexity index is 642. The van der Waals surface area contributed by atoms with Gasteiger partial charge in [0.1, 0.15) is 5.25 Å². The summed E-state index contributed by atoms with van der Waals surface area (Å²) in [5, 5.41) is 5.82. The van der Waals surface area contributed by atoms with Crippen LogP contribution in [0.1, 0.15) is 38.3 Å². The summed E-state index contributed by atoms with van der Waals surface area (Å²) in [6.45, 7) is 9.80. The minimum atomic E-state index is -0.430. The van der Waals surface area contributed by atoms with Gasteiger partial charge in [-0.1, -0.05) is 30.0 Å². The molecule has 0 aliphatic carbocycles. The van der Waals surface area contributed by atoms with E-state index < -0.39 is 5.25 Å². The van der Waals surface area contributed by atoms with E-state index in [1.807, 2.05) is 52.8 Å². The number of amidine groups is 1. The van der Waals surface area contributed by atoms with Gasteiger partial charge in [-0.15, -0.1) is 0 Å². The third-order valence-electron chi connectivity index (χ3n) is 3.33. The van der Waals surface area contributed by atoms with Gasteiger partial charge in [-0.3, -0.25) is 14.6 Å². The summed E-state index contributed by atoms with van der Waals surface area (Å²) in [5.74, 6) is -0.318. The van der Waals surface area contributed by atoms with Gasteiger partial charge >= 0.3 is 0 Å². The standard InChI is InChI=1S/C17H23N3O2S/c1-10-7-6-8-11(2)14(10)18-13(21)9-12-15(22)19-16(23-12)20-17(3,4)5/h6-8,12H,9H2,1-5H3,(H,18,21)(H,19,20,22)/t12-/m0/s1. The van der Waals surface area contributed by atoms with E-state index in [1.54, 1.807) is 0 Å². The largest absolute Gasteiger partial charge is 0.326 e. The van der Waals surface area contributed by atoms with Gasteiger partial charge in [0.25, 0.3) is 0 Å². The highest BCUT2D eigenvalue weighted by Gasteiger charge is 2.33. The highest BCUT2D eigenvalue weighted by molar-refractivity contribution is 8.15. The van der Waals surface area contributed by atoms with Crippen LogP contribution in [0.5, 0.6) is 0 Å². The van der Waals surface area contributed by atoms with Crippen LogP contribution in [-0.4, -0.2) is 27.8 Å². The van der Waals surface area contributed by atoms with Gasteiger partial charge in [-0.05, 0) is 45.7 Å². The van der Waals surface area contributed by atoms with E-state index in [0.29, 0.717) is 5.17 Å². The molecule has 124 valence electrons. The molecule has 0 radical (unpaired) electrons. The van der Waals surface area contributed by atoms with Gasteiger partial charge in [-0.25, -0.2) is 0 Å². The van der Waals surface area contributed by atoms with Crippen molar-refractivity contribution >= 4 is 34.4 Å². The minimum absolute atomic E-state index is 0.132. The number of aliphatic imine (C=N–C) groups is 1. The highest BCUT2D eigenvalue weighted by atomic mass is 32.2. The molecule has 1 aromatic carbocycles. The second-order valence-electron chi connectivity index (χ2n) is 6.70. The number of carbonyl (C=O) groups excluding carboxylic acids is 2. The molecule has 2 amide bonds. The number of para-hydroxylation sites is 1. The molecule has 1 fully saturated rings. The van der Waals surface area contributed by atoms with Crippen molar-refractivity contribution < 1.29 is 9.59 Å². The Morgan fingerprint density at radius 2 is 1.91 bits per heavy atom. The number of benzene rings is 1. The second-order valence-corrected chi connectivity index (χ2v) is 7.89. The smallest absolute Gasteiger partial charge is 0.240 e. The van der Waals surface area contributed by atoms with Crippen LogP contribution in [0.2, 0.25) is 0 Å². The molecule has 6 heteroatoms. The van der Waals surface area contributed by atoms with Crippen molar-refractivity contribution in [2.24, 2.45) is 4.99 Å². The first-order valence-corrected chi connectivity index (χ1v) is 8.47. The monoisotopic (exact) mass is 333 g/mol. The van der Waals surface area contributed by atoms with E-state index in [0.717, 1.165) is 16.8 Å². The highest BCUT2D eigenvalue weighted by Crippen LogP contribution is 2.26. The van der Waals surface area contributed by atoms with Crippen LogP contribution in [0.4, 0.5) is 5.69 Å². The average molecular weight is 333 g/mol. The fraction of sp³-hybridized carbons (Fsp3) is 0.471. The van der Waals surface area contributed by atoms with Crippen molar-refractivity contribution in [2.75, 3.05) is 5.32 Å². The molecule has 1 aliphatic rings. The molecular formula is C17H23N3O2S. The van der Waals surface area contributed by atoms with Gasteiger partial charge in [0.05, 0.1) is 5.54 Å². The van der Waals surface area contributed by atoms with Gasteiger partial charge in [0.15, 0.2) is 5.17 Å². The maximum Gasteiger partial charge on any atom is 0.240 e. The molecule has 23 heavy (non-hydrogen) atoms. The summed E-state index contributed by atoms with van der Waals surface area (Å²) in [5.41, 5.74) is 2.59. The topological polar surface area (TPSA) is 70.6 Å². The fourth-order valence-electron chi connectivity index (χ4n) is 2.27. The Hall–Kier alpha value is -1.82. The minimum Gasteiger partial charge on any atom is -0.326 e. The summed E-state index contributed by atoms with van der Waals surface area (Å²) in [6, 6.07) is 5.86. The van der Waals surface area contributed by atoms with E-state index in [2.05, 4.69) is 15.6 Å². The number of rotatable bonds is 3. The lowest BCUT2D eigenvalue weighted by Crippen LogP contribution is -2.29. The number of carbonyl (C=O) groups is 2. The van der Waals surface area contributed by atoms with Crippen LogP contribution in [0.15, 0.2) is 23.2 Å². The summed E-state index contributed by atoms with van der Waals surface area (Å²) < 4.78 is 0. The van der Waals surface area contributed by atoms with E-state index in [9.17, 15) is 9.59 Å². The number of thioether (sulfide) groups is 1. The molecule has 0 spiro atoms. The van der Waals surface area contributed by atoms with Gasteiger partial charge in [0.2, 0.25) is 11.8 Å². The molecule has 2 N–H and O–H groups in total. The molecule has 0 bridgehead atoms. The molecular weight excluding hydrogens is 310 g/mol. The third-order valence-corrected chi connectivity index (χ3v) is 4.41. The Morgan fingerprint density at radius 1 is 1.30 bits per heavy atom. The lowest BCUT2D eigenvalue weighted by Gasteiger charge is -2.13. The van der Waals surface area contributed by atoms with Crippen molar-refractivity contribution in [1.29, 1.82) is 0 Å². The molecule has 0 aromatic heterocycles. The van der Waals surface area contributed by atoms with Crippen LogP contribution < -0.4 is 10.6 Å². The predicted octanol–water partition coefficient (Wildman–Crippen LogP) is 3.02. The van der Waals surface area contributed by atoms with Crippen molar-refractivity contribution in [3.8, 4) is 0 Å². The molecule has 1 aliphatic heterocycles. The van der Waals surface area contributed by atoms with Gasteiger partial charge in [-0.2, -0.15) is 0 Å². The number of hydrogen-bond acceptors (Lipinski definition) is 4. The van der Waals surface area contributed by atoms with E-state index in [-0.39, 0.29) is 23.8 Å². The zero-order chi connectivity index (χ0) is 17.2. The first kappa shape index (κ1) is 17.5. The molecule has 1 saturated heterocycles. The van der Waals surface area contributed by atoms with Crippen LogP contribution in [0.3, 0.4) is 0 Å². The zero-order valence-electron chi connectivity index (χ0n) is 14.2. The van der Waals surface area contributed by atoms with E-state index in [4.69, 9.17) is 0 Å².